The van der Waals surface area contributed by atoms with Crippen LogP contribution in [0.1, 0.15) is 30.5 Å². The van der Waals surface area contributed by atoms with Crippen LogP contribution < -0.4 is 0 Å². The van der Waals surface area contributed by atoms with Crippen LogP contribution in [0.5, 0.6) is 0 Å². The molecular formula is C19H28N2O4S. The van der Waals surface area contributed by atoms with E-state index in [2.05, 4.69) is 36.9 Å². The van der Waals surface area contributed by atoms with E-state index in [4.69, 9.17) is 4.74 Å². The molecule has 3 rings (SSSR count). The molecule has 7 heteroatoms. The fraction of sp³-hybridized carbons (Fsp3) is 0.632. The maximum absolute atomic E-state index is 12.4. The van der Waals surface area contributed by atoms with Crippen LogP contribution in [0.25, 0.3) is 0 Å². The Morgan fingerprint density at radius 3 is 2.58 bits per heavy atom. The third-order valence-corrected chi connectivity index (χ3v) is 6.94. The van der Waals surface area contributed by atoms with Crippen LogP contribution in [0.2, 0.25) is 0 Å². The summed E-state index contributed by atoms with van der Waals surface area (Å²) in [6.07, 6.45) is -0.620. The highest BCUT2D eigenvalue weighted by Crippen LogP contribution is 2.29. The quantitative estimate of drug-likeness (QED) is 0.804. The van der Waals surface area contributed by atoms with E-state index >= 15 is 0 Å². The molecule has 0 unspecified atom stereocenters. The molecule has 0 spiro atoms. The summed E-state index contributed by atoms with van der Waals surface area (Å²) < 4.78 is 29.9. The Hall–Kier alpha value is -1.60. The smallest absolute Gasteiger partial charge is 0.410 e. The van der Waals surface area contributed by atoms with Crippen LogP contribution >= 0.6 is 0 Å². The Morgan fingerprint density at radius 2 is 1.88 bits per heavy atom. The molecular weight excluding hydrogens is 352 g/mol. The fourth-order valence-electron chi connectivity index (χ4n) is 3.91. The lowest BCUT2D eigenvalue weighted by atomic mass is 10.0. The lowest BCUT2D eigenvalue weighted by Gasteiger charge is -2.43. The molecule has 2 aliphatic rings. The number of nitrogens with zero attached hydrogens (tertiary/aromatic N) is 2. The summed E-state index contributed by atoms with van der Waals surface area (Å²) in [5.41, 5.74) is 3.61. The van der Waals surface area contributed by atoms with Crippen LogP contribution in [-0.2, 0) is 21.1 Å². The van der Waals surface area contributed by atoms with Crippen LogP contribution in [0.15, 0.2) is 18.2 Å². The number of carbonyl (C=O) groups excluding carboxylic acids is 1. The Balaban J connectivity index is 1.82. The third kappa shape index (κ3) is 4.04. The van der Waals surface area contributed by atoms with Gasteiger partial charge in [0.05, 0.1) is 23.7 Å². The number of amides is 1. The predicted molar refractivity (Wildman–Crippen MR) is 101 cm³/mol. The minimum absolute atomic E-state index is 0.0220. The van der Waals surface area contributed by atoms with Crippen molar-refractivity contribution in [3.05, 3.63) is 34.9 Å². The van der Waals surface area contributed by atoms with Gasteiger partial charge >= 0.3 is 6.09 Å². The molecule has 0 saturated carbocycles. The molecule has 0 bridgehead atoms. The Kier molecular flexibility index (Phi) is 5.30. The van der Waals surface area contributed by atoms with E-state index in [1.807, 2.05) is 0 Å². The standard InChI is InChI=1S/C19H28N2O4S/c1-13(2)25-19(22)21-8-7-20(17-11-26(23,24)12-18(17)21)10-16-9-14(3)5-6-15(16)4/h5-6,9,13,17-18H,7-8,10-12H2,1-4H3/t17-,18+/m1/s1. The van der Waals surface area contributed by atoms with Crippen molar-refractivity contribution in [2.75, 3.05) is 24.6 Å². The van der Waals surface area contributed by atoms with Gasteiger partial charge in [0, 0.05) is 25.7 Å². The SMILES string of the molecule is Cc1ccc(C)c(CN2CCN(C(=O)OC(C)C)[C@H]3CS(=O)(=O)C[C@H]32)c1. The van der Waals surface area contributed by atoms with E-state index in [9.17, 15) is 13.2 Å². The summed E-state index contributed by atoms with van der Waals surface area (Å²) in [7, 11) is -3.16. The second-order valence-electron chi connectivity index (χ2n) is 7.74. The summed E-state index contributed by atoms with van der Waals surface area (Å²) in [5.74, 6) is 0.127. The van der Waals surface area contributed by atoms with Gasteiger partial charge in [-0.25, -0.2) is 13.2 Å². The summed E-state index contributed by atoms with van der Waals surface area (Å²) in [5, 5.41) is 0. The summed E-state index contributed by atoms with van der Waals surface area (Å²) in [6.45, 7) is 9.59. The van der Waals surface area contributed by atoms with Crippen molar-refractivity contribution in [1.29, 1.82) is 0 Å². The Morgan fingerprint density at radius 1 is 1.19 bits per heavy atom. The lowest BCUT2D eigenvalue weighted by Crippen LogP contribution is -2.60. The van der Waals surface area contributed by atoms with Gasteiger partial charge < -0.3 is 9.64 Å². The number of piperazine rings is 1. The van der Waals surface area contributed by atoms with Crippen LogP contribution in [0, 0.1) is 13.8 Å². The van der Waals surface area contributed by atoms with E-state index in [1.54, 1.807) is 18.7 Å². The zero-order valence-electron chi connectivity index (χ0n) is 15.9. The van der Waals surface area contributed by atoms with Crippen molar-refractivity contribution in [2.45, 2.75) is 52.4 Å². The molecule has 2 saturated heterocycles. The van der Waals surface area contributed by atoms with Crippen molar-refractivity contribution >= 4 is 15.9 Å². The second kappa shape index (κ2) is 7.19. The minimum Gasteiger partial charge on any atom is -0.447 e. The molecule has 0 aromatic heterocycles. The number of aryl methyl sites for hydroxylation is 2. The first-order valence-corrected chi connectivity index (χ1v) is 11.0. The van der Waals surface area contributed by atoms with Gasteiger partial charge in [-0.3, -0.25) is 4.90 Å². The van der Waals surface area contributed by atoms with Gasteiger partial charge in [-0.2, -0.15) is 0 Å². The molecule has 6 nitrogen and oxygen atoms in total. The molecule has 144 valence electrons. The number of hydrogen-bond acceptors (Lipinski definition) is 5. The van der Waals surface area contributed by atoms with Gasteiger partial charge in [-0.15, -0.1) is 0 Å². The van der Waals surface area contributed by atoms with Crippen molar-refractivity contribution in [2.24, 2.45) is 0 Å². The monoisotopic (exact) mass is 380 g/mol. The molecule has 2 heterocycles. The third-order valence-electron chi connectivity index (χ3n) is 5.24. The van der Waals surface area contributed by atoms with Crippen LogP contribution in [0.4, 0.5) is 4.79 Å². The average Bonchev–Trinajstić information content (AvgIpc) is 2.85. The van der Waals surface area contributed by atoms with Gasteiger partial charge in [0.1, 0.15) is 0 Å². The maximum Gasteiger partial charge on any atom is 0.410 e. The zero-order chi connectivity index (χ0) is 19.1. The number of carbonyl (C=O) groups is 1. The number of fused-ring (bicyclic) bond motifs is 1. The molecule has 26 heavy (non-hydrogen) atoms. The van der Waals surface area contributed by atoms with Crippen molar-refractivity contribution in [3.63, 3.8) is 0 Å². The maximum atomic E-state index is 12.4. The van der Waals surface area contributed by atoms with Gasteiger partial charge in [0.15, 0.2) is 9.84 Å². The molecule has 2 aliphatic heterocycles. The molecule has 1 amide bonds. The zero-order valence-corrected chi connectivity index (χ0v) is 16.8. The number of benzene rings is 1. The topological polar surface area (TPSA) is 66.9 Å². The Bertz CT molecular complexity index is 791. The van der Waals surface area contributed by atoms with E-state index in [0.29, 0.717) is 19.6 Å². The summed E-state index contributed by atoms with van der Waals surface area (Å²) in [4.78, 5) is 16.3. The minimum atomic E-state index is -3.16. The van der Waals surface area contributed by atoms with Gasteiger partial charge in [0.25, 0.3) is 0 Å². The highest BCUT2D eigenvalue weighted by atomic mass is 32.2. The number of ether oxygens (including phenoxy) is 1. The van der Waals surface area contributed by atoms with Crippen LogP contribution in [-0.4, -0.2) is 67.1 Å². The lowest BCUT2D eigenvalue weighted by molar-refractivity contribution is 0.0163. The predicted octanol–water partition coefficient (Wildman–Crippen LogP) is 2.13. The van der Waals surface area contributed by atoms with Crippen molar-refractivity contribution in [1.82, 2.24) is 9.80 Å². The van der Waals surface area contributed by atoms with Gasteiger partial charge in [0.2, 0.25) is 0 Å². The van der Waals surface area contributed by atoms with E-state index < -0.39 is 15.9 Å². The average molecular weight is 381 g/mol. The number of sulfone groups is 1. The summed E-state index contributed by atoms with van der Waals surface area (Å²) in [6, 6.07) is 5.84. The number of rotatable bonds is 3. The normalized spacial score (nSPS) is 25.3. The second-order valence-corrected chi connectivity index (χ2v) is 9.89. The fourth-order valence-corrected chi connectivity index (χ4v) is 5.92. The van der Waals surface area contributed by atoms with E-state index in [-0.39, 0.29) is 29.7 Å². The number of hydrogen-bond donors (Lipinski definition) is 0. The summed E-state index contributed by atoms with van der Waals surface area (Å²) >= 11 is 0. The van der Waals surface area contributed by atoms with Crippen molar-refractivity contribution in [3.8, 4) is 0 Å². The highest BCUT2D eigenvalue weighted by Gasteiger charge is 2.48. The Labute approximate surface area is 156 Å². The van der Waals surface area contributed by atoms with E-state index in [0.717, 1.165) is 0 Å². The highest BCUT2D eigenvalue weighted by molar-refractivity contribution is 7.91. The molecule has 0 aliphatic carbocycles. The molecule has 2 atom stereocenters. The van der Waals surface area contributed by atoms with Crippen molar-refractivity contribution < 1.29 is 17.9 Å². The first-order chi connectivity index (χ1) is 12.2. The van der Waals surface area contributed by atoms with E-state index in [1.165, 1.54) is 16.7 Å². The van der Waals surface area contributed by atoms with Crippen LogP contribution in [0.3, 0.4) is 0 Å². The van der Waals surface area contributed by atoms with Gasteiger partial charge in [-0.1, -0.05) is 23.8 Å². The first-order valence-electron chi connectivity index (χ1n) is 9.14. The molecule has 0 radical (unpaired) electrons. The molecule has 2 fully saturated rings. The molecule has 1 aromatic carbocycles. The van der Waals surface area contributed by atoms with Gasteiger partial charge in [-0.05, 0) is 38.8 Å². The largest absolute Gasteiger partial charge is 0.447 e. The molecule has 0 N–H and O–H groups in total. The molecule has 1 aromatic rings. The first kappa shape index (κ1) is 19.2.